The van der Waals surface area contributed by atoms with Gasteiger partial charge < -0.3 is 10.5 Å². The Morgan fingerprint density at radius 2 is 2.14 bits per heavy atom. The number of nitrogen functional groups attached to an aromatic ring is 1. The molecular weight excluding hydrogens is 334 g/mol. The number of anilines is 1. The summed E-state index contributed by atoms with van der Waals surface area (Å²) >= 11 is 3.46. The van der Waals surface area contributed by atoms with E-state index in [0.717, 1.165) is 53.1 Å². The van der Waals surface area contributed by atoms with Crippen LogP contribution in [0, 0.1) is 6.92 Å². The number of rotatable bonds is 7. The molecule has 2 aromatic rings. The van der Waals surface area contributed by atoms with Crippen LogP contribution in [0.4, 0.5) is 5.69 Å². The van der Waals surface area contributed by atoms with Crippen LogP contribution in [0.25, 0.3) is 11.4 Å². The lowest BCUT2D eigenvalue weighted by atomic mass is 10.1. The Kier molecular flexibility index (Phi) is 5.69. The fourth-order valence-electron chi connectivity index (χ4n) is 2.04. The van der Waals surface area contributed by atoms with E-state index in [9.17, 15) is 0 Å². The van der Waals surface area contributed by atoms with Gasteiger partial charge in [0.25, 0.3) is 0 Å². The van der Waals surface area contributed by atoms with Crippen LogP contribution in [0.1, 0.15) is 25.3 Å². The molecule has 0 saturated heterocycles. The summed E-state index contributed by atoms with van der Waals surface area (Å²) in [5, 5.41) is 12.0. The van der Waals surface area contributed by atoms with Gasteiger partial charge in [-0.3, -0.25) is 0 Å². The number of nitrogens with zero attached hydrogens (tertiary/aromatic N) is 4. The quantitative estimate of drug-likeness (QED) is 0.611. The number of ether oxygens (including phenoxy) is 1. The first-order chi connectivity index (χ1) is 10.1. The van der Waals surface area contributed by atoms with Crippen molar-refractivity contribution in [2.24, 2.45) is 0 Å². The van der Waals surface area contributed by atoms with Crippen molar-refractivity contribution in [3.05, 3.63) is 22.2 Å². The van der Waals surface area contributed by atoms with Crippen molar-refractivity contribution in [3.63, 3.8) is 0 Å². The second kappa shape index (κ2) is 7.51. The molecule has 6 nitrogen and oxygen atoms in total. The van der Waals surface area contributed by atoms with Crippen LogP contribution in [0.5, 0.6) is 0 Å². The van der Waals surface area contributed by atoms with Crippen LogP contribution in [0.2, 0.25) is 0 Å². The number of aromatic nitrogens is 4. The summed E-state index contributed by atoms with van der Waals surface area (Å²) in [5.74, 6) is 0.732. The molecular formula is C14H20BrN5O. The molecule has 0 aliphatic rings. The predicted molar refractivity (Wildman–Crippen MR) is 85.8 cm³/mol. The predicted octanol–water partition coefficient (Wildman–Crippen LogP) is 2.81. The van der Waals surface area contributed by atoms with Gasteiger partial charge in [0, 0.05) is 35.5 Å². The first kappa shape index (κ1) is 15.9. The Balaban J connectivity index is 2.13. The molecule has 7 heteroatoms. The summed E-state index contributed by atoms with van der Waals surface area (Å²) in [6, 6.07) is 3.87. The van der Waals surface area contributed by atoms with Crippen LogP contribution >= 0.6 is 15.9 Å². The van der Waals surface area contributed by atoms with Crippen LogP contribution in [0.15, 0.2) is 16.6 Å². The van der Waals surface area contributed by atoms with E-state index in [1.54, 1.807) is 4.68 Å². The standard InChI is InChI=1S/C14H20BrN5O/c1-3-6-21-7-4-5-20-14(17-18-19-20)12-8-11(15)9-13(16)10(12)2/h8-9H,3-7,16H2,1-2H3. The smallest absolute Gasteiger partial charge is 0.182 e. The Hall–Kier alpha value is -1.47. The molecule has 0 amide bonds. The summed E-state index contributed by atoms with van der Waals surface area (Å²) in [6.45, 7) is 6.30. The van der Waals surface area contributed by atoms with E-state index in [1.807, 2.05) is 19.1 Å². The molecule has 0 aliphatic heterocycles. The average molecular weight is 354 g/mol. The number of hydrogen-bond donors (Lipinski definition) is 1. The van der Waals surface area contributed by atoms with Gasteiger partial charge in [-0.2, -0.15) is 0 Å². The second-order valence-corrected chi connectivity index (χ2v) is 5.77. The molecule has 1 aromatic heterocycles. The molecule has 21 heavy (non-hydrogen) atoms. The molecule has 0 unspecified atom stereocenters. The van der Waals surface area contributed by atoms with E-state index >= 15 is 0 Å². The number of aryl methyl sites for hydroxylation is 1. The van der Waals surface area contributed by atoms with Gasteiger partial charge in [0.1, 0.15) is 0 Å². The maximum absolute atomic E-state index is 6.00. The lowest BCUT2D eigenvalue weighted by Gasteiger charge is -2.10. The third kappa shape index (κ3) is 4.01. The maximum atomic E-state index is 6.00. The molecule has 114 valence electrons. The molecule has 1 heterocycles. The highest BCUT2D eigenvalue weighted by Gasteiger charge is 2.13. The molecule has 2 N–H and O–H groups in total. The summed E-state index contributed by atoms with van der Waals surface area (Å²) < 4.78 is 8.19. The number of tetrazole rings is 1. The van der Waals surface area contributed by atoms with Crippen LogP contribution < -0.4 is 5.73 Å². The van der Waals surface area contributed by atoms with E-state index in [1.165, 1.54) is 0 Å². The average Bonchev–Trinajstić information content (AvgIpc) is 2.91. The zero-order valence-electron chi connectivity index (χ0n) is 12.3. The van der Waals surface area contributed by atoms with Crippen molar-refractivity contribution < 1.29 is 4.74 Å². The van der Waals surface area contributed by atoms with Crippen LogP contribution in [-0.2, 0) is 11.3 Å². The molecule has 0 spiro atoms. The Morgan fingerprint density at radius 1 is 1.33 bits per heavy atom. The third-order valence-corrected chi connectivity index (χ3v) is 3.65. The molecule has 0 aliphatic carbocycles. The van der Waals surface area contributed by atoms with E-state index in [-0.39, 0.29) is 0 Å². The highest BCUT2D eigenvalue weighted by Crippen LogP contribution is 2.29. The van der Waals surface area contributed by atoms with Gasteiger partial charge in [-0.05, 0) is 47.9 Å². The van der Waals surface area contributed by atoms with Crippen molar-refractivity contribution in [1.29, 1.82) is 0 Å². The largest absolute Gasteiger partial charge is 0.398 e. The summed E-state index contributed by atoms with van der Waals surface area (Å²) in [7, 11) is 0. The number of hydrogen-bond acceptors (Lipinski definition) is 5. The van der Waals surface area contributed by atoms with E-state index in [0.29, 0.717) is 6.61 Å². The Labute approximate surface area is 132 Å². The van der Waals surface area contributed by atoms with E-state index in [2.05, 4.69) is 38.4 Å². The van der Waals surface area contributed by atoms with Gasteiger partial charge in [0.05, 0.1) is 0 Å². The lowest BCUT2D eigenvalue weighted by Crippen LogP contribution is -2.07. The van der Waals surface area contributed by atoms with Gasteiger partial charge in [0.2, 0.25) is 0 Å². The fraction of sp³-hybridized carbons (Fsp3) is 0.500. The van der Waals surface area contributed by atoms with E-state index < -0.39 is 0 Å². The SMILES string of the molecule is CCCOCCCn1nnnc1-c1cc(Br)cc(N)c1C. The highest BCUT2D eigenvalue weighted by atomic mass is 79.9. The zero-order valence-corrected chi connectivity index (χ0v) is 13.9. The van der Waals surface area contributed by atoms with Gasteiger partial charge in [-0.1, -0.05) is 22.9 Å². The molecule has 2 rings (SSSR count). The third-order valence-electron chi connectivity index (χ3n) is 3.19. The van der Waals surface area contributed by atoms with Crippen molar-refractivity contribution >= 4 is 21.6 Å². The molecule has 0 bridgehead atoms. The Morgan fingerprint density at radius 3 is 2.90 bits per heavy atom. The maximum Gasteiger partial charge on any atom is 0.182 e. The van der Waals surface area contributed by atoms with Crippen molar-refractivity contribution in [2.45, 2.75) is 33.2 Å². The first-order valence-electron chi connectivity index (χ1n) is 7.03. The van der Waals surface area contributed by atoms with Crippen molar-refractivity contribution in [1.82, 2.24) is 20.2 Å². The summed E-state index contributed by atoms with van der Waals surface area (Å²) in [6.07, 6.45) is 1.91. The zero-order chi connectivity index (χ0) is 15.2. The highest BCUT2D eigenvalue weighted by molar-refractivity contribution is 9.10. The van der Waals surface area contributed by atoms with Gasteiger partial charge in [-0.15, -0.1) is 5.10 Å². The van der Waals surface area contributed by atoms with Gasteiger partial charge in [-0.25, -0.2) is 4.68 Å². The molecule has 0 fully saturated rings. The first-order valence-corrected chi connectivity index (χ1v) is 7.82. The minimum atomic E-state index is 0.715. The number of halogens is 1. The second-order valence-electron chi connectivity index (χ2n) is 4.86. The van der Waals surface area contributed by atoms with Gasteiger partial charge >= 0.3 is 0 Å². The van der Waals surface area contributed by atoms with Crippen LogP contribution in [0.3, 0.4) is 0 Å². The topological polar surface area (TPSA) is 78.8 Å². The Bertz CT molecular complexity index is 599. The molecule has 1 aromatic carbocycles. The monoisotopic (exact) mass is 353 g/mol. The fourth-order valence-corrected chi connectivity index (χ4v) is 2.52. The number of nitrogens with two attached hydrogens (primary N) is 1. The molecule has 0 saturated carbocycles. The van der Waals surface area contributed by atoms with Gasteiger partial charge in [0.15, 0.2) is 5.82 Å². The normalized spacial score (nSPS) is 11.0. The van der Waals surface area contributed by atoms with E-state index in [4.69, 9.17) is 10.5 Å². The summed E-state index contributed by atoms with van der Waals surface area (Å²) in [4.78, 5) is 0. The van der Waals surface area contributed by atoms with Crippen LogP contribution in [-0.4, -0.2) is 33.4 Å². The minimum Gasteiger partial charge on any atom is -0.398 e. The summed E-state index contributed by atoms with van der Waals surface area (Å²) in [5.41, 5.74) is 8.66. The minimum absolute atomic E-state index is 0.715. The van der Waals surface area contributed by atoms with Crippen molar-refractivity contribution in [2.75, 3.05) is 18.9 Å². The molecule has 0 radical (unpaired) electrons. The number of benzene rings is 1. The lowest BCUT2D eigenvalue weighted by molar-refractivity contribution is 0.128. The van der Waals surface area contributed by atoms with Crippen molar-refractivity contribution in [3.8, 4) is 11.4 Å². The molecule has 0 atom stereocenters.